The first-order valence-electron chi connectivity index (χ1n) is 6.56. The molecule has 0 aliphatic carbocycles. The Balaban J connectivity index is 2.35. The molecule has 0 spiro atoms. The van der Waals surface area contributed by atoms with Crippen LogP contribution in [-0.2, 0) is 23.2 Å². The van der Waals surface area contributed by atoms with Crippen molar-refractivity contribution in [3.63, 3.8) is 0 Å². The van der Waals surface area contributed by atoms with E-state index in [1.807, 2.05) is 0 Å². The molecule has 8 heteroatoms. The highest BCUT2D eigenvalue weighted by Gasteiger charge is 2.25. The van der Waals surface area contributed by atoms with Crippen molar-refractivity contribution in [1.82, 2.24) is 9.62 Å². The zero-order valence-electron chi connectivity index (χ0n) is 11.6. The number of anilines is 1. The van der Waals surface area contributed by atoms with Crippen LogP contribution in [0.5, 0.6) is 0 Å². The molecule has 0 saturated heterocycles. The number of rotatable bonds is 5. The molecule has 110 valence electrons. The molecule has 1 aromatic rings. The van der Waals surface area contributed by atoms with Crippen LogP contribution in [0.15, 0.2) is 0 Å². The van der Waals surface area contributed by atoms with Crippen LogP contribution >= 0.6 is 11.3 Å². The average Bonchev–Trinajstić information content (AvgIpc) is 2.75. The number of hydrogen-bond acceptors (Lipinski definition) is 5. The fraction of sp³-hybridized carbons (Fsp3) is 0.583. The predicted octanol–water partition coefficient (Wildman–Crippen LogP) is 1.26. The van der Waals surface area contributed by atoms with Crippen LogP contribution in [0.3, 0.4) is 0 Å². The Bertz CT molecular complexity index is 627. The lowest BCUT2D eigenvalue weighted by molar-refractivity contribution is 0.449. The largest absolute Gasteiger partial charge is 0.312 e. The summed E-state index contributed by atoms with van der Waals surface area (Å²) >= 11 is 1.35. The molecule has 0 atom stereocenters. The van der Waals surface area contributed by atoms with Gasteiger partial charge in [0.05, 0.1) is 5.56 Å². The van der Waals surface area contributed by atoms with Crippen molar-refractivity contribution in [2.24, 2.45) is 0 Å². The van der Waals surface area contributed by atoms with Gasteiger partial charge in [-0.15, -0.1) is 11.3 Å². The molecule has 2 heterocycles. The van der Waals surface area contributed by atoms with Crippen molar-refractivity contribution in [1.29, 1.82) is 5.26 Å². The summed E-state index contributed by atoms with van der Waals surface area (Å²) in [5, 5.41) is 13.0. The van der Waals surface area contributed by atoms with Gasteiger partial charge in [-0.3, -0.25) is 4.72 Å². The van der Waals surface area contributed by atoms with Crippen LogP contribution in [0.25, 0.3) is 0 Å². The zero-order chi connectivity index (χ0) is 14.8. The standard InChI is InChI=1S/C12H18N4O2S2/c1-3-16(4-2)20(17,18)15-12-10(7-13)9-5-6-14-8-11(9)19-12/h14-15H,3-6,8H2,1-2H3. The van der Waals surface area contributed by atoms with E-state index in [1.165, 1.54) is 15.6 Å². The van der Waals surface area contributed by atoms with E-state index in [9.17, 15) is 13.7 Å². The summed E-state index contributed by atoms with van der Waals surface area (Å²) in [7, 11) is -3.59. The molecule has 1 aliphatic rings. The SMILES string of the molecule is CCN(CC)S(=O)(=O)Nc1sc2c(c1C#N)CCNC2. The summed E-state index contributed by atoms with van der Waals surface area (Å²) in [4.78, 5) is 1.05. The second-order valence-electron chi connectivity index (χ2n) is 4.44. The molecule has 0 radical (unpaired) electrons. The van der Waals surface area contributed by atoms with Gasteiger partial charge in [0.15, 0.2) is 0 Å². The Morgan fingerprint density at radius 2 is 2.15 bits per heavy atom. The van der Waals surface area contributed by atoms with E-state index in [4.69, 9.17) is 0 Å². The molecule has 0 aromatic carbocycles. The first kappa shape index (κ1) is 15.3. The van der Waals surface area contributed by atoms with E-state index in [2.05, 4.69) is 16.1 Å². The van der Waals surface area contributed by atoms with Crippen LogP contribution in [0, 0.1) is 11.3 Å². The van der Waals surface area contributed by atoms with Gasteiger partial charge in [-0.25, -0.2) is 0 Å². The molecule has 0 saturated carbocycles. The Morgan fingerprint density at radius 1 is 1.45 bits per heavy atom. The lowest BCUT2D eigenvalue weighted by atomic mass is 10.1. The van der Waals surface area contributed by atoms with Gasteiger partial charge in [0.1, 0.15) is 11.1 Å². The Morgan fingerprint density at radius 3 is 2.75 bits per heavy atom. The summed E-state index contributed by atoms with van der Waals surface area (Å²) < 4.78 is 28.4. The second kappa shape index (κ2) is 6.10. The summed E-state index contributed by atoms with van der Waals surface area (Å²) in [6.45, 7) is 5.90. The van der Waals surface area contributed by atoms with Gasteiger partial charge in [-0.2, -0.15) is 18.0 Å². The van der Waals surface area contributed by atoms with Crippen LogP contribution < -0.4 is 10.0 Å². The third kappa shape index (κ3) is 2.81. The fourth-order valence-electron chi connectivity index (χ4n) is 2.27. The van der Waals surface area contributed by atoms with E-state index < -0.39 is 10.2 Å². The van der Waals surface area contributed by atoms with Crippen molar-refractivity contribution in [3.05, 3.63) is 16.0 Å². The molecule has 0 amide bonds. The van der Waals surface area contributed by atoms with Gasteiger partial charge in [0, 0.05) is 24.5 Å². The van der Waals surface area contributed by atoms with Gasteiger partial charge < -0.3 is 5.32 Å². The van der Waals surface area contributed by atoms with E-state index in [0.29, 0.717) is 30.2 Å². The monoisotopic (exact) mass is 314 g/mol. The van der Waals surface area contributed by atoms with Crippen LogP contribution in [0.1, 0.15) is 29.9 Å². The maximum absolute atomic E-state index is 12.2. The first-order valence-corrected chi connectivity index (χ1v) is 8.82. The highest BCUT2D eigenvalue weighted by Crippen LogP contribution is 2.35. The average molecular weight is 314 g/mol. The summed E-state index contributed by atoms with van der Waals surface area (Å²) in [6.07, 6.45) is 0.766. The van der Waals surface area contributed by atoms with Crippen molar-refractivity contribution >= 4 is 26.5 Å². The van der Waals surface area contributed by atoms with Gasteiger partial charge in [-0.1, -0.05) is 13.8 Å². The van der Waals surface area contributed by atoms with Crippen molar-refractivity contribution < 1.29 is 8.42 Å². The van der Waals surface area contributed by atoms with Gasteiger partial charge in [0.25, 0.3) is 0 Å². The number of nitriles is 1. The van der Waals surface area contributed by atoms with Crippen molar-refractivity contribution in [3.8, 4) is 6.07 Å². The normalized spacial score (nSPS) is 14.9. The fourth-order valence-corrected chi connectivity index (χ4v) is 4.92. The molecule has 0 bridgehead atoms. The zero-order valence-corrected chi connectivity index (χ0v) is 13.2. The van der Waals surface area contributed by atoms with Crippen molar-refractivity contribution in [2.75, 3.05) is 24.4 Å². The smallest absolute Gasteiger partial charge is 0.302 e. The summed E-state index contributed by atoms with van der Waals surface area (Å²) in [5.41, 5.74) is 1.45. The topological polar surface area (TPSA) is 85.2 Å². The van der Waals surface area contributed by atoms with Crippen molar-refractivity contribution in [2.45, 2.75) is 26.8 Å². The second-order valence-corrected chi connectivity index (χ2v) is 7.21. The molecule has 20 heavy (non-hydrogen) atoms. The molecule has 2 rings (SSSR count). The van der Waals surface area contributed by atoms with E-state index in [0.717, 1.165) is 23.4 Å². The van der Waals surface area contributed by atoms with Crippen LogP contribution in [0.2, 0.25) is 0 Å². The lowest BCUT2D eigenvalue weighted by Crippen LogP contribution is -2.35. The molecule has 0 unspecified atom stereocenters. The quantitative estimate of drug-likeness (QED) is 0.857. The minimum absolute atomic E-state index is 0.403. The highest BCUT2D eigenvalue weighted by molar-refractivity contribution is 7.90. The van der Waals surface area contributed by atoms with Gasteiger partial charge in [-0.05, 0) is 18.5 Å². The Kier molecular flexibility index (Phi) is 4.65. The third-order valence-electron chi connectivity index (χ3n) is 3.31. The minimum Gasteiger partial charge on any atom is -0.312 e. The Labute approximate surface area is 123 Å². The maximum atomic E-state index is 12.2. The molecule has 1 aliphatic heterocycles. The summed E-state index contributed by atoms with van der Waals surface area (Å²) in [5.74, 6) is 0. The van der Waals surface area contributed by atoms with Crippen LogP contribution in [-0.4, -0.2) is 32.4 Å². The molecule has 1 aromatic heterocycles. The molecule has 2 N–H and O–H groups in total. The number of hydrogen-bond donors (Lipinski definition) is 2. The molecular formula is C12H18N4O2S2. The van der Waals surface area contributed by atoms with E-state index >= 15 is 0 Å². The Hall–Kier alpha value is -1.14. The highest BCUT2D eigenvalue weighted by atomic mass is 32.2. The van der Waals surface area contributed by atoms with E-state index in [-0.39, 0.29) is 0 Å². The molecule has 6 nitrogen and oxygen atoms in total. The lowest BCUT2D eigenvalue weighted by Gasteiger charge is -2.18. The van der Waals surface area contributed by atoms with Gasteiger partial charge in [0.2, 0.25) is 0 Å². The summed E-state index contributed by atoms with van der Waals surface area (Å²) in [6, 6.07) is 2.14. The predicted molar refractivity (Wildman–Crippen MR) is 79.9 cm³/mol. The van der Waals surface area contributed by atoms with Gasteiger partial charge >= 0.3 is 10.2 Å². The van der Waals surface area contributed by atoms with Crippen LogP contribution in [0.4, 0.5) is 5.00 Å². The number of thiophene rings is 1. The number of nitrogens with zero attached hydrogens (tertiary/aromatic N) is 2. The minimum atomic E-state index is -3.59. The number of nitrogens with one attached hydrogen (secondary N) is 2. The van der Waals surface area contributed by atoms with E-state index in [1.54, 1.807) is 13.8 Å². The molecular weight excluding hydrogens is 296 g/mol. The first-order chi connectivity index (χ1) is 9.53. The third-order valence-corrected chi connectivity index (χ3v) is 6.24. The maximum Gasteiger partial charge on any atom is 0.302 e. The number of fused-ring (bicyclic) bond motifs is 1. The molecule has 0 fully saturated rings.